The Hall–Kier alpha value is -0.940. The van der Waals surface area contributed by atoms with Crippen molar-refractivity contribution in [3.05, 3.63) is 16.1 Å². The summed E-state index contributed by atoms with van der Waals surface area (Å²) >= 11 is 1.61. The highest BCUT2D eigenvalue weighted by Crippen LogP contribution is 2.20. The average Bonchev–Trinajstić information content (AvgIpc) is 2.75. The molecule has 2 rings (SSSR count). The lowest BCUT2D eigenvalue weighted by Gasteiger charge is -2.21. The van der Waals surface area contributed by atoms with Crippen LogP contribution in [0.15, 0.2) is 5.38 Å². The van der Waals surface area contributed by atoms with E-state index in [4.69, 9.17) is 9.84 Å². The molecule has 4 nitrogen and oxygen atoms in total. The predicted octanol–water partition coefficient (Wildman–Crippen LogP) is 2.27. The highest BCUT2D eigenvalue weighted by Gasteiger charge is 2.16. The number of ether oxygens (including phenoxy) is 1. The fourth-order valence-electron chi connectivity index (χ4n) is 1.96. The fourth-order valence-corrected chi connectivity index (χ4v) is 2.85. The molecule has 1 N–H and O–H groups in total. The van der Waals surface area contributed by atoms with Gasteiger partial charge in [-0.25, -0.2) is 4.98 Å². The summed E-state index contributed by atoms with van der Waals surface area (Å²) in [5, 5.41) is 11.6. The SMILES string of the molecule is O=C(O)CCc1csc(CC2CCCCO2)n1. The summed E-state index contributed by atoms with van der Waals surface area (Å²) in [5.74, 6) is -0.768. The molecule has 1 aromatic rings. The minimum atomic E-state index is -0.768. The molecule has 0 aromatic carbocycles. The number of hydrogen-bond donors (Lipinski definition) is 1. The van der Waals surface area contributed by atoms with E-state index in [1.807, 2.05) is 5.38 Å². The zero-order chi connectivity index (χ0) is 12.1. The Labute approximate surface area is 105 Å². The molecule has 1 aliphatic heterocycles. The van der Waals surface area contributed by atoms with Gasteiger partial charge in [0.1, 0.15) is 0 Å². The monoisotopic (exact) mass is 255 g/mol. The Bertz CT molecular complexity index is 372. The van der Waals surface area contributed by atoms with Crippen molar-refractivity contribution >= 4 is 17.3 Å². The lowest BCUT2D eigenvalue weighted by molar-refractivity contribution is -0.136. The lowest BCUT2D eigenvalue weighted by Crippen LogP contribution is -2.21. The van der Waals surface area contributed by atoms with Gasteiger partial charge in [-0.1, -0.05) is 0 Å². The smallest absolute Gasteiger partial charge is 0.303 e. The number of carboxylic acids is 1. The first kappa shape index (κ1) is 12.5. The molecule has 2 heterocycles. The van der Waals surface area contributed by atoms with Gasteiger partial charge >= 0.3 is 5.97 Å². The van der Waals surface area contributed by atoms with Gasteiger partial charge in [-0.3, -0.25) is 4.79 Å². The van der Waals surface area contributed by atoms with E-state index in [2.05, 4.69) is 4.98 Å². The number of aliphatic carboxylic acids is 1. The first-order valence-electron chi connectivity index (χ1n) is 6.00. The molecule has 0 spiro atoms. The molecule has 5 heteroatoms. The second kappa shape index (κ2) is 6.12. The summed E-state index contributed by atoms with van der Waals surface area (Å²) in [6.45, 7) is 0.863. The number of carbonyl (C=O) groups is 1. The van der Waals surface area contributed by atoms with Crippen molar-refractivity contribution in [2.45, 2.75) is 44.6 Å². The molecular formula is C12H17NO3S. The number of aryl methyl sites for hydroxylation is 1. The number of hydrogen-bond acceptors (Lipinski definition) is 4. The zero-order valence-corrected chi connectivity index (χ0v) is 10.5. The van der Waals surface area contributed by atoms with Gasteiger partial charge in [0.2, 0.25) is 0 Å². The average molecular weight is 255 g/mol. The molecule has 1 unspecified atom stereocenters. The number of thiazole rings is 1. The fraction of sp³-hybridized carbons (Fsp3) is 0.667. The molecule has 0 saturated carbocycles. The number of carboxylic acid groups (broad SMARTS) is 1. The predicted molar refractivity (Wildman–Crippen MR) is 65.4 cm³/mol. The Balaban J connectivity index is 1.82. The van der Waals surface area contributed by atoms with Gasteiger partial charge in [0.15, 0.2) is 0 Å². The van der Waals surface area contributed by atoms with Gasteiger partial charge in [0.25, 0.3) is 0 Å². The van der Waals surface area contributed by atoms with Crippen molar-refractivity contribution in [2.24, 2.45) is 0 Å². The van der Waals surface area contributed by atoms with Crippen molar-refractivity contribution < 1.29 is 14.6 Å². The third-order valence-electron chi connectivity index (χ3n) is 2.87. The van der Waals surface area contributed by atoms with E-state index >= 15 is 0 Å². The van der Waals surface area contributed by atoms with Gasteiger partial charge in [-0.15, -0.1) is 11.3 Å². The van der Waals surface area contributed by atoms with Crippen LogP contribution in [0.5, 0.6) is 0 Å². The Morgan fingerprint density at radius 3 is 3.18 bits per heavy atom. The molecular weight excluding hydrogens is 238 g/mol. The quantitative estimate of drug-likeness (QED) is 0.876. The number of aromatic nitrogens is 1. The molecule has 0 aliphatic carbocycles. The van der Waals surface area contributed by atoms with Crippen LogP contribution in [-0.4, -0.2) is 28.8 Å². The molecule has 1 aromatic heterocycles. The van der Waals surface area contributed by atoms with Crippen LogP contribution in [0.1, 0.15) is 36.4 Å². The van der Waals surface area contributed by atoms with Crippen LogP contribution in [0.4, 0.5) is 0 Å². The van der Waals surface area contributed by atoms with Gasteiger partial charge in [0.05, 0.1) is 23.2 Å². The second-order valence-electron chi connectivity index (χ2n) is 4.32. The third-order valence-corrected chi connectivity index (χ3v) is 3.79. The van der Waals surface area contributed by atoms with Gasteiger partial charge < -0.3 is 9.84 Å². The largest absolute Gasteiger partial charge is 0.481 e. The molecule has 0 radical (unpaired) electrons. The van der Waals surface area contributed by atoms with E-state index < -0.39 is 5.97 Å². The topological polar surface area (TPSA) is 59.4 Å². The summed E-state index contributed by atoms with van der Waals surface area (Å²) in [6, 6.07) is 0. The van der Waals surface area contributed by atoms with E-state index in [1.54, 1.807) is 11.3 Å². The maximum absolute atomic E-state index is 10.5. The number of rotatable bonds is 5. The van der Waals surface area contributed by atoms with Crippen molar-refractivity contribution in [1.82, 2.24) is 4.98 Å². The summed E-state index contributed by atoms with van der Waals surface area (Å²) in [4.78, 5) is 14.9. The molecule has 94 valence electrons. The van der Waals surface area contributed by atoms with Crippen LogP contribution in [0, 0.1) is 0 Å². The summed E-state index contributed by atoms with van der Waals surface area (Å²) < 4.78 is 5.66. The molecule has 1 fully saturated rings. The van der Waals surface area contributed by atoms with E-state index in [1.165, 1.54) is 6.42 Å². The van der Waals surface area contributed by atoms with Crippen molar-refractivity contribution in [2.75, 3.05) is 6.61 Å². The third kappa shape index (κ3) is 4.09. The first-order chi connectivity index (χ1) is 8.24. The standard InChI is InChI=1S/C12H17NO3S/c14-12(15)5-4-9-8-17-11(13-9)7-10-3-1-2-6-16-10/h8,10H,1-7H2,(H,14,15). The summed E-state index contributed by atoms with van der Waals surface area (Å²) in [6.07, 6.45) is 5.38. The molecule has 17 heavy (non-hydrogen) atoms. The Morgan fingerprint density at radius 2 is 2.47 bits per heavy atom. The minimum Gasteiger partial charge on any atom is -0.481 e. The van der Waals surface area contributed by atoms with Crippen molar-refractivity contribution in [3.8, 4) is 0 Å². The normalized spacial score (nSPS) is 20.4. The Kier molecular flexibility index (Phi) is 4.50. The van der Waals surface area contributed by atoms with Crippen LogP contribution >= 0.6 is 11.3 Å². The zero-order valence-electron chi connectivity index (χ0n) is 9.72. The van der Waals surface area contributed by atoms with Crippen LogP contribution in [0.2, 0.25) is 0 Å². The summed E-state index contributed by atoms with van der Waals surface area (Å²) in [5.41, 5.74) is 0.892. The second-order valence-corrected chi connectivity index (χ2v) is 5.26. The molecule has 1 atom stereocenters. The lowest BCUT2D eigenvalue weighted by atomic mass is 10.1. The van der Waals surface area contributed by atoms with Crippen molar-refractivity contribution in [1.29, 1.82) is 0 Å². The van der Waals surface area contributed by atoms with Crippen LogP contribution in [0.25, 0.3) is 0 Å². The maximum Gasteiger partial charge on any atom is 0.303 e. The van der Waals surface area contributed by atoms with Gasteiger partial charge in [0, 0.05) is 24.8 Å². The Morgan fingerprint density at radius 1 is 1.59 bits per heavy atom. The molecule has 1 aliphatic rings. The van der Waals surface area contributed by atoms with Crippen molar-refractivity contribution in [3.63, 3.8) is 0 Å². The minimum absolute atomic E-state index is 0.156. The first-order valence-corrected chi connectivity index (χ1v) is 6.88. The van der Waals surface area contributed by atoms with Crippen LogP contribution in [0.3, 0.4) is 0 Å². The van der Waals surface area contributed by atoms with Crippen LogP contribution < -0.4 is 0 Å². The van der Waals surface area contributed by atoms with E-state index in [0.717, 1.165) is 36.6 Å². The highest BCUT2D eigenvalue weighted by atomic mass is 32.1. The highest BCUT2D eigenvalue weighted by molar-refractivity contribution is 7.09. The number of nitrogens with zero attached hydrogens (tertiary/aromatic N) is 1. The maximum atomic E-state index is 10.5. The molecule has 0 bridgehead atoms. The van der Waals surface area contributed by atoms with Gasteiger partial charge in [-0.05, 0) is 19.3 Å². The molecule has 1 saturated heterocycles. The van der Waals surface area contributed by atoms with E-state index in [0.29, 0.717) is 12.5 Å². The van der Waals surface area contributed by atoms with Crippen LogP contribution in [-0.2, 0) is 22.4 Å². The molecule has 0 amide bonds. The van der Waals surface area contributed by atoms with E-state index in [9.17, 15) is 4.79 Å². The summed E-state index contributed by atoms with van der Waals surface area (Å²) in [7, 11) is 0. The van der Waals surface area contributed by atoms with Gasteiger partial charge in [-0.2, -0.15) is 0 Å². The van der Waals surface area contributed by atoms with E-state index in [-0.39, 0.29) is 6.42 Å².